The van der Waals surface area contributed by atoms with E-state index in [1.54, 1.807) is 18.2 Å². The van der Waals surface area contributed by atoms with Crippen LogP contribution in [0, 0.1) is 0 Å². The molecule has 0 bridgehead atoms. The minimum Gasteiger partial charge on any atom is -0.478 e. The molecule has 0 atom stereocenters. The van der Waals surface area contributed by atoms with E-state index in [0.717, 1.165) is 11.3 Å². The Bertz CT molecular complexity index is 868. The van der Waals surface area contributed by atoms with Crippen molar-refractivity contribution < 1.29 is 19.1 Å². The van der Waals surface area contributed by atoms with Crippen LogP contribution < -0.4 is 5.32 Å². The monoisotopic (exact) mass is 321 g/mol. The van der Waals surface area contributed by atoms with Gasteiger partial charge in [0.2, 0.25) is 0 Å². The molecule has 0 radical (unpaired) electrons. The van der Waals surface area contributed by atoms with Gasteiger partial charge in [-0.15, -0.1) is 0 Å². The number of nitrogens with one attached hydrogen (secondary N) is 1. The summed E-state index contributed by atoms with van der Waals surface area (Å²) >= 11 is 0. The van der Waals surface area contributed by atoms with Crippen molar-refractivity contribution in [3.63, 3.8) is 0 Å². The first-order valence-corrected chi connectivity index (χ1v) is 7.38. The van der Waals surface area contributed by atoms with Crippen molar-refractivity contribution in [2.75, 3.05) is 5.32 Å². The van der Waals surface area contributed by atoms with E-state index in [1.807, 2.05) is 30.3 Å². The zero-order chi connectivity index (χ0) is 16.9. The Balaban J connectivity index is 1.95. The molecule has 0 unspecified atom stereocenters. The third kappa shape index (κ3) is 3.35. The average Bonchev–Trinajstić information content (AvgIpc) is 3.09. The SMILES string of the molecule is O=Cc1ccc(-c2cc(C(=O)O)ccc2NCc2ccccc2)o1. The van der Waals surface area contributed by atoms with Crippen LogP contribution in [0.1, 0.15) is 26.5 Å². The number of hydrogen-bond donors (Lipinski definition) is 2. The number of carbonyl (C=O) groups is 2. The van der Waals surface area contributed by atoms with Crippen molar-refractivity contribution in [1.82, 2.24) is 0 Å². The van der Waals surface area contributed by atoms with Crippen LogP contribution in [-0.2, 0) is 6.54 Å². The molecular formula is C19H15NO4. The van der Waals surface area contributed by atoms with Gasteiger partial charge < -0.3 is 14.8 Å². The molecule has 0 aliphatic rings. The van der Waals surface area contributed by atoms with Gasteiger partial charge >= 0.3 is 5.97 Å². The number of carboxylic acid groups (broad SMARTS) is 1. The molecule has 2 N–H and O–H groups in total. The van der Waals surface area contributed by atoms with Crippen LogP contribution in [0.15, 0.2) is 65.1 Å². The van der Waals surface area contributed by atoms with Gasteiger partial charge in [0.25, 0.3) is 0 Å². The molecule has 5 heteroatoms. The molecule has 3 aromatic rings. The molecular weight excluding hydrogens is 306 g/mol. The molecule has 3 rings (SSSR count). The topological polar surface area (TPSA) is 79.5 Å². The predicted molar refractivity (Wildman–Crippen MR) is 90.3 cm³/mol. The van der Waals surface area contributed by atoms with Crippen molar-refractivity contribution in [1.29, 1.82) is 0 Å². The molecule has 24 heavy (non-hydrogen) atoms. The number of aromatic carboxylic acids is 1. The Morgan fingerprint density at radius 2 is 1.88 bits per heavy atom. The quantitative estimate of drug-likeness (QED) is 0.669. The lowest BCUT2D eigenvalue weighted by Crippen LogP contribution is -2.03. The van der Waals surface area contributed by atoms with E-state index in [-0.39, 0.29) is 11.3 Å². The maximum absolute atomic E-state index is 11.2. The molecule has 1 aromatic heterocycles. The summed E-state index contributed by atoms with van der Waals surface area (Å²) in [5.41, 5.74) is 2.58. The van der Waals surface area contributed by atoms with E-state index in [9.17, 15) is 14.7 Å². The molecule has 2 aromatic carbocycles. The second-order valence-electron chi connectivity index (χ2n) is 5.22. The Hall–Kier alpha value is -3.34. The predicted octanol–water partition coefficient (Wildman–Crippen LogP) is 4.07. The van der Waals surface area contributed by atoms with Crippen molar-refractivity contribution in [3.05, 3.63) is 77.6 Å². The number of aldehydes is 1. The standard InChI is InChI=1S/C19H15NO4/c21-12-15-7-9-18(24-15)16-10-14(19(22)23)6-8-17(16)20-11-13-4-2-1-3-5-13/h1-10,12,20H,11H2,(H,22,23). The lowest BCUT2D eigenvalue weighted by molar-refractivity contribution is 0.0696. The van der Waals surface area contributed by atoms with Gasteiger partial charge in [-0.2, -0.15) is 0 Å². The summed E-state index contributed by atoms with van der Waals surface area (Å²) in [5.74, 6) is -0.386. The highest BCUT2D eigenvalue weighted by molar-refractivity contribution is 5.91. The van der Waals surface area contributed by atoms with Gasteiger partial charge in [-0.1, -0.05) is 30.3 Å². The molecule has 0 spiro atoms. The van der Waals surface area contributed by atoms with Crippen molar-refractivity contribution >= 4 is 17.9 Å². The molecule has 120 valence electrons. The molecule has 0 aliphatic heterocycles. The number of furan rings is 1. The molecule has 0 saturated carbocycles. The number of carboxylic acids is 1. The van der Waals surface area contributed by atoms with Crippen LogP contribution in [0.25, 0.3) is 11.3 Å². The smallest absolute Gasteiger partial charge is 0.335 e. The summed E-state index contributed by atoms with van der Waals surface area (Å²) in [6, 6.07) is 17.8. The first-order chi connectivity index (χ1) is 11.7. The fraction of sp³-hybridized carbons (Fsp3) is 0.0526. The highest BCUT2D eigenvalue weighted by Gasteiger charge is 2.13. The summed E-state index contributed by atoms with van der Waals surface area (Å²) in [6.45, 7) is 0.585. The van der Waals surface area contributed by atoms with Crippen LogP contribution in [0.4, 0.5) is 5.69 Å². The Kier molecular flexibility index (Phi) is 4.43. The highest BCUT2D eigenvalue weighted by atomic mass is 16.4. The van der Waals surface area contributed by atoms with E-state index in [2.05, 4.69) is 5.32 Å². The van der Waals surface area contributed by atoms with Crippen LogP contribution >= 0.6 is 0 Å². The Labute approximate surface area is 138 Å². The summed E-state index contributed by atoms with van der Waals surface area (Å²) in [6.07, 6.45) is 0.613. The third-order valence-electron chi connectivity index (χ3n) is 3.60. The average molecular weight is 321 g/mol. The normalized spacial score (nSPS) is 10.3. The molecule has 0 aliphatic carbocycles. The highest BCUT2D eigenvalue weighted by Crippen LogP contribution is 2.31. The van der Waals surface area contributed by atoms with E-state index >= 15 is 0 Å². The number of benzene rings is 2. The lowest BCUT2D eigenvalue weighted by Gasteiger charge is -2.12. The van der Waals surface area contributed by atoms with Crippen molar-refractivity contribution in [2.24, 2.45) is 0 Å². The van der Waals surface area contributed by atoms with Gasteiger partial charge in [0.15, 0.2) is 12.0 Å². The van der Waals surface area contributed by atoms with E-state index in [1.165, 1.54) is 12.1 Å². The Morgan fingerprint density at radius 1 is 1.08 bits per heavy atom. The second-order valence-corrected chi connectivity index (χ2v) is 5.22. The summed E-state index contributed by atoms with van der Waals surface area (Å²) in [7, 11) is 0. The maximum Gasteiger partial charge on any atom is 0.335 e. The first-order valence-electron chi connectivity index (χ1n) is 7.38. The van der Waals surface area contributed by atoms with Crippen molar-refractivity contribution in [2.45, 2.75) is 6.54 Å². The molecule has 0 fully saturated rings. The van der Waals surface area contributed by atoms with Gasteiger partial charge in [-0.05, 0) is 35.9 Å². The van der Waals surface area contributed by atoms with E-state index < -0.39 is 5.97 Å². The lowest BCUT2D eigenvalue weighted by atomic mass is 10.1. The summed E-state index contributed by atoms with van der Waals surface area (Å²) < 4.78 is 5.45. The number of carbonyl (C=O) groups excluding carboxylic acids is 1. The Morgan fingerprint density at radius 3 is 2.54 bits per heavy atom. The minimum atomic E-state index is -1.02. The maximum atomic E-state index is 11.2. The number of rotatable bonds is 6. The van der Waals surface area contributed by atoms with Gasteiger partial charge in [-0.3, -0.25) is 4.79 Å². The van der Waals surface area contributed by atoms with Gasteiger partial charge in [0, 0.05) is 17.8 Å². The summed E-state index contributed by atoms with van der Waals surface area (Å²) in [4.78, 5) is 22.0. The second kappa shape index (κ2) is 6.83. The first kappa shape index (κ1) is 15.6. The van der Waals surface area contributed by atoms with E-state index in [4.69, 9.17) is 4.42 Å². The minimum absolute atomic E-state index is 0.152. The van der Waals surface area contributed by atoms with Crippen LogP contribution in [-0.4, -0.2) is 17.4 Å². The van der Waals surface area contributed by atoms with Crippen LogP contribution in [0.5, 0.6) is 0 Å². The van der Waals surface area contributed by atoms with Crippen LogP contribution in [0.2, 0.25) is 0 Å². The van der Waals surface area contributed by atoms with Crippen molar-refractivity contribution in [3.8, 4) is 11.3 Å². The largest absolute Gasteiger partial charge is 0.478 e. The molecule has 1 heterocycles. The van der Waals surface area contributed by atoms with E-state index in [0.29, 0.717) is 24.2 Å². The third-order valence-corrected chi connectivity index (χ3v) is 3.60. The van der Waals surface area contributed by atoms with Gasteiger partial charge in [0.1, 0.15) is 5.76 Å². The van der Waals surface area contributed by atoms with Gasteiger partial charge in [-0.25, -0.2) is 4.79 Å². The molecule has 5 nitrogen and oxygen atoms in total. The summed E-state index contributed by atoms with van der Waals surface area (Å²) in [5, 5.41) is 12.5. The zero-order valence-corrected chi connectivity index (χ0v) is 12.7. The van der Waals surface area contributed by atoms with Gasteiger partial charge in [0.05, 0.1) is 5.56 Å². The van der Waals surface area contributed by atoms with Crippen LogP contribution in [0.3, 0.4) is 0 Å². The molecule has 0 saturated heterocycles. The number of hydrogen-bond acceptors (Lipinski definition) is 4. The fourth-order valence-corrected chi connectivity index (χ4v) is 2.39. The number of anilines is 1. The fourth-order valence-electron chi connectivity index (χ4n) is 2.39. The zero-order valence-electron chi connectivity index (χ0n) is 12.7. The molecule has 0 amide bonds.